The number of hydrogen-bond donors (Lipinski definition) is 2. The van der Waals surface area contributed by atoms with Crippen molar-refractivity contribution in [3.8, 4) is 0 Å². The minimum Gasteiger partial charge on any atom is -0.473 e. The van der Waals surface area contributed by atoms with Crippen molar-refractivity contribution in [3.05, 3.63) is 65.0 Å². The molecule has 0 bridgehead atoms. The summed E-state index contributed by atoms with van der Waals surface area (Å²) in [4.78, 5) is 31.5. The minimum atomic E-state index is -1.82. The molecule has 28 heavy (non-hydrogen) atoms. The summed E-state index contributed by atoms with van der Waals surface area (Å²) >= 11 is 0. The number of aldehydes is 1. The van der Waals surface area contributed by atoms with Crippen molar-refractivity contribution in [2.45, 2.75) is 19.4 Å². The standard InChI is InChI=1S/C19H22N2O.C2H2O4/c1-20(2)10-5-8-18-17-7-4-3-6-16(17)9-11-21-13-15(14-22)12-19(18)21;3-1(4)2(5)6/h3-4,6-8,12-14H,5,9-11H2,1-2H3;(H,3,4)(H,5,6)/b18-8+;. The first kappa shape index (κ1) is 21.1. The van der Waals surface area contributed by atoms with Crippen LogP contribution in [0.15, 0.2) is 42.6 Å². The van der Waals surface area contributed by atoms with E-state index in [4.69, 9.17) is 19.8 Å². The van der Waals surface area contributed by atoms with E-state index < -0.39 is 11.9 Å². The Kier molecular flexibility index (Phi) is 7.28. The molecular weight excluding hydrogens is 360 g/mol. The maximum atomic E-state index is 11.1. The molecule has 2 aromatic rings. The van der Waals surface area contributed by atoms with E-state index in [-0.39, 0.29) is 0 Å². The van der Waals surface area contributed by atoms with Crippen molar-refractivity contribution >= 4 is 23.8 Å². The maximum absolute atomic E-state index is 11.1. The fourth-order valence-corrected chi connectivity index (χ4v) is 3.07. The van der Waals surface area contributed by atoms with E-state index in [0.717, 1.165) is 43.5 Å². The largest absolute Gasteiger partial charge is 0.473 e. The topological polar surface area (TPSA) is 99.8 Å². The summed E-state index contributed by atoms with van der Waals surface area (Å²) in [7, 11) is 4.18. The summed E-state index contributed by atoms with van der Waals surface area (Å²) in [5.41, 5.74) is 5.85. The summed E-state index contributed by atoms with van der Waals surface area (Å²) < 4.78 is 2.21. The second-order valence-electron chi connectivity index (χ2n) is 6.70. The second kappa shape index (κ2) is 9.66. The molecule has 0 amide bonds. The molecule has 1 aromatic carbocycles. The predicted octanol–water partition coefficient (Wildman–Crippen LogP) is 2.40. The predicted molar refractivity (Wildman–Crippen MR) is 105 cm³/mol. The van der Waals surface area contributed by atoms with E-state index in [1.54, 1.807) is 0 Å². The molecule has 0 atom stereocenters. The van der Waals surface area contributed by atoms with Crippen molar-refractivity contribution < 1.29 is 24.6 Å². The van der Waals surface area contributed by atoms with Gasteiger partial charge in [0.1, 0.15) is 0 Å². The Morgan fingerprint density at radius 2 is 1.86 bits per heavy atom. The first-order valence-corrected chi connectivity index (χ1v) is 8.88. The Balaban J connectivity index is 0.000000409. The zero-order valence-electron chi connectivity index (χ0n) is 16.0. The zero-order chi connectivity index (χ0) is 20.7. The third kappa shape index (κ3) is 5.40. The fraction of sp³-hybridized carbons (Fsp3) is 0.286. The summed E-state index contributed by atoms with van der Waals surface area (Å²) in [6.45, 7) is 1.94. The minimum absolute atomic E-state index is 0.757. The number of carboxylic acids is 2. The van der Waals surface area contributed by atoms with Crippen molar-refractivity contribution in [1.29, 1.82) is 0 Å². The van der Waals surface area contributed by atoms with Crippen molar-refractivity contribution in [1.82, 2.24) is 9.47 Å². The molecule has 3 rings (SSSR count). The van der Waals surface area contributed by atoms with E-state index in [1.807, 2.05) is 12.3 Å². The number of hydrogen-bond acceptors (Lipinski definition) is 4. The Morgan fingerprint density at radius 3 is 2.46 bits per heavy atom. The lowest BCUT2D eigenvalue weighted by molar-refractivity contribution is -0.159. The Hall–Kier alpha value is -3.19. The maximum Gasteiger partial charge on any atom is 0.414 e. The Bertz CT molecular complexity index is 884. The molecular formula is C21H24N2O5. The molecule has 0 unspecified atom stereocenters. The molecule has 1 aliphatic heterocycles. The third-order valence-corrected chi connectivity index (χ3v) is 4.37. The SMILES string of the molecule is CN(C)CC/C=C1\c2ccccc2CCn2cc(C=O)cc21.O=C(O)C(=O)O. The molecule has 0 saturated heterocycles. The van der Waals surface area contributed by atoms with Crippen molar-refractivity contribution in [2.24, 2.45) is 0 Å². The number of carbonyl (C=O) groups is 3. The molecule has 1 aromatic heterocycles. The molecule has 7 heteroatoms. The molecule has 0 radical (unpaired) electrons. The number of aromatic nitrogens is 1. The van der Waals surface area contributed by atoms with Gasteiger partial charge in [0.25, 0.3) is 0 Å². The Morgan fingerprint density at radius 1 is 1.18 bits per heavy atom. The van der Waals surface area contributed by atoms with E-state index in [0.29, 0.717) is 0 Å². The smallest absolute Gasteiger partial charge is 0.414 e. The van der Waals surface area contributed by atoms with Crippen LogP contribution in [0.5, 0.6) is 0 Å². The van der Waals surface area contributed by atoms with Gasteiger partial charge in [-0.2, -0.15) is 0 Å². The lowest BCUT2D eigenvalue weighted by atomic mass is 9.96. The van der Waals surface area contributed by atoms with Crippen molar-refractivity contribution in [3.63, 3.8) is 0 Å². The number of carbonyl (C=O) groups excluding carboxylic acids is 1. The quantitative estimate of drug-likeness (QED) is 0.620. The average Bonchev–Trinajstić information content (AvgIpc) is 3.01. The van der Waals surface area contributed by atoms with Crippen LogP contribution in [0.3, 0.4) is 0 Å². The van der Waals surface area contributed by atoms with Gasteiger partial charge in [0, 0.05) is 36.1 Å². The highest BCUT2D eigenvalue weighted by atomic mass is 16.4. The summed E-state index contributed by atoms with van der Waals surface area (Å²) in [6.07, 6.45) is 7.21. The summed E-state index contributed by atoms with van der Waals surface area (Å²) in [5.74, 6) is -3.65. The van der Waals surface area contributed by atoms with Crippen LogP contribution in [0.2, 0.25) is 0 Å². The summed E-state index contributed by atoms with van der Waals surface area (Å²) in [5, 5.41) is 14.8. The lowest BCUT2D eigenvalue weighted by Gasteiger charge is -2.12. The highest BCUT2D eigenvalue weighted by Gasteiger charge is 2.18. The van der Waals surface area contributed by atoms with Gasteiger partial charge in [0.2, 0.25) is 0 Å². The third-order valence-electron chi connectivity index (χ3n) is 4.37. The van der Waals surface area contributed by atoms with Crippen molar-refractivity contribution in [2.75, 3.05) is 20.6 Å². The summed E-state index contributed by atoms with van der Waals surface area (Å²) in [6, 6.07) is 10.6. The van der Waals surface area contributed by atoms with Crippen LogP contribution in [0.25, 0.3) is 5.57 Å². The number of fused-ring (bicyclic) bond motifs is 2. The van der Waals surface area contributed by atoms with Crippen LogP contribution in [0.1, 0.15) is 33.6 Å². The monoisotopic (exact) mass is 384 g/mol. The van der Waals surface area contributed by atoms with Crippen LogP contribution < -0.4 is 0 Å². The van der Waals surface area contributed by atoms with Crippen LogP contribution in [0, 0.1) is 0 Å². The van der Waals surface area contributed by atoms with Crippen LogP contribution in [-0.4, -0.2) is 58.5 Å². The van der Waals surface area contributed by atoms with Gasteiger partial charge < -0.3 is 19.7 Å². The van der Waals surface area contributed by atoms with E-state index in [9.17, 15) is 4.79 Å². The molecule has 2 N–H and O–H groups in total. The van der Waals surface area contributed by atoms with Gasteiger partial charge in [-0.05, 0) is 44.1 Å². The number of aryl methyl sites for hydroxylation is 2. The Labute approximate surface area is 163 Å². The van der Waals surface area contributed by atoms with Gasteiger partial charge in [-0.3, -0.25) is 4.79 Å². The number of carboxylic acid groups (broad SMARTS) is 2. The average molecular weight is 384 g/mol. The molecule has 1 aliphatic rings. The number of aliphatic carboxylic acids is 2. The van der Waals surface area contributed by atoms with E-state index >= 15 is 0 Å². The van der Waals surface area contributed by atoms with Gasteiger partial charge in [-0.15, -0.1) is 0 Å². The van der Waals surface area contributed by atoms with Crippen LogP contribution in [0.4, 0.5) is 0 Å². The zero-order valence-corrected chi connectivity index (χ0v) is 16.0. The molecule has 7 nitrogen and oxygen atoms in total. The first-order chi connectivity index (χ1) is 13.3. The molecule has 2 heterocycles. The molecule has 0 saturated carbocycles. The first-order valence-electron chi connectivity index (χ1n) is 8.88. The number of benzene rings is 1. The van der Waals surface area contributed by atoms with E-state index in [1.165, 1.54) is 16.7 Å². The van der Waals surface area contributed by atoms with E-state index in [2.05, 4.69) is 53.9 Å². The number of rotatable bonds is 4. The highest BCUT2D eigenvalue weighted by Crippen LogP contribution is 2.31. The van der Waals surface area contributed by atoms with Gasteiger partial charge in [-0.25, -0.2) is 9.59 Å². The lowest BCUT2D eigenvalue weighted by Crippen LogP contribution is -2.12. The van der Waals surface area contributed by atoms with Crippen LogP contribution in [-0.2, 0) is 22.6 Å². The highest BCUT2D eigenvalue weighted by molar-refractivity contribution is 6.27. The molecule has 0 fully saturated rings. The van der Waals surface area contributed by atoms with Gasteiger partial charge in [-0.1, -0.05) is 30.3 Å². The molecule has 0 spiro atoms. The number of nitrogens with zero attached hydrogens (tertiary/aromatic N) is 2. The van der Waals surface area contributed by atoms with Gasteiger partial charge >= 0.3 is 11.9 Å². The van der Waals surface area contributed by atoms with Crippen LogP contribution >= 0.6 is 0 Å². The van der Waals surface area contributed by atoms with Gasteiger partial charge in [0.05, 0.1) is 0 Å². The normalized spacial score (nSPS) is 13.8. The molecule has 148 valence electrons. The second-order valence-corrected chi connectivity index (χ2v) is 6.70. The fourth-order valence-electron chi connectivity index (χ4n) is 3.07. The molecule has 0 aliphatic carbocycles. The van der Waals surface area contributed by atoms with Gasteiger partial charge in [0.15, 0.2) is 6.29 Å².